The minimum Gasteiger partial charge on any atom is -0.487 e. The van der Waals surface area contributed by atoms with Gasteiger partial charge in [-0.15, -0.1) is 0 Å². The van der Waals surface area contributed by atoms with Gasteiger partial charge in [-0.05, 0) is 63.1 Å². The molecule has 0 aliphatic carbocycles. The topological polar surface area (TPSA) is 67.2 Å². The molecule has 1 amide bonds. The lowest BCUT2D eigenvalue weighted by atomic mass is 9.96. The lowest BCUT2D eigenvalue weighted by Gasteiger charge is -2.34. The number of pyridine rings is 1. The summed E-state index contributed by atoms with van der Waals surface area (Å²) in [5, 5.41) is 0. The Balaban J connectivity index is 1.38. The van der Waals surface area contributed by atoms with E-state index in [-0.39, 0.29) is 24.0 Å². The van der Waals surface area contributed by atoms with Gasteiger partial charge in [-0.2, -0.15) is 0 Å². The van der Waals surface area contributed by atoms with E-state index >= 15 is 0 Å². The third kappa shape index (κ3) is 5.60. The van der Waals surface area contributed by atoms with Gasteiger partial charge in [-0.3, -0.25) is 18.9 Å². The second kappa shape index (κ2) is 10.6. The molecule has 0 bridgehead atoms. The number of nitrogens with zero attached hydrogens (tertiary/aromatic N) is 4. The molecule has 174 valence electrons. The number of aromatic nitrogens is 2. The van der Waals surface area contributed by atoms with Crippen molar-refractivity contribution >= 4 is 11.6 Å². The van der Waals surface area contributed by atoms with Crippen molar-refractivity contribution in [3.63, 3.8) is 0 Å². The molecule has 33 heavy (non-hydrogen) atoms. The molecule has 1 unspecified atom stereocenters. The molecule has 3 heterocycles. The van der Waals surface area contributed by atoms with E-state index in [0.29, 0.717) is 11.3 Å². The number of benzene rings is 1. The average molecular weight is 449 g/mol. The molecule has 1 fully saturated rings. The highest BCUT2D eigenvalue weighted by Gasteiger charge is 2.28. The second-order valence-electron chi connectivity index (χ2n) is 8.54. The Morgan fingerprint density at radius 1 is 1.15 bits per heavy atom. The second-order valence-corrected chi connectivity index (χ2v) is 8.54. The zero-order valence-electron chi connectivity index (χ0n) is 19.4. The van der Waals surface area contributed by atoms with Crippen molar-refractivity contribution in [3.8, 4) is 5.75 Å². The summed E-state index contributed by atoms with van der Waals surface area (Å²) in [6.07, 6.45) is 3.71. The summed E-state index contributed by atoms with van der Waals surface area (Å²) in [7, 11) is 0. The molecule has 7 heteroatoms. The van der Waals surface area contributed by atoms with Gasteiger partial charge in [-0.1, -0.05) is 18.2 Å². The molecule has 1 aliphatic rings. The van der Waals surface area contributed by atoms with Gasteiger partial charge < -0.3 is 9.64 Å². The number of hydrogen-bond donors (Lipinski definition) is 0. The molecule has 1 atom stereocenters. The van der Waals surface area contributed by atoms with Gasteiger partial charge in [0.2, 0.25) is 5.91 Å². The highest BCUT2D eigenvalue weighted by atomic mass is 16.5. The highest BCUT2D eigenvalue weighted by Crippen LogP contribution is 2.22. The van der Waals surface area contributed by atoms with Crippen molar-refractivity contribution in [3.05, 3.63) is 76.3 Å². The van der Waals surface area contributed by atoms with E-state index in [2.05, 4.69) is 16.0 Å². The molecule has 3 aromatic rings. The number of rotatable bonds is 8. The van der Waals surface area contributed by atoms with Crippen LogP contribution in [-0.4, -0.2) is 51.3 Å². The number of fused-ring (bicyclic) bond motifs is 1. The Labute approximate surface area is 194 Å². The molecular weight excluding hydrogens is 416 g/mol. The average Bonchev–Trinajstić information content (AvgIpc) is 2.84. The molecular formula is C26H32N4O3. The number of carbonyl (C=O) groups is 1. The number of amides is 1. The van der Waals surface area contributed by atoms with E-state index in [1.165, 1.54) is 10.5 Å². The smallest absolute Gasteiger partial charge is 0.258 e. The summed E-state index contributed by atoms with van der Waals surface area (Å²) in [4.78, 5) is 33.9. The number of hydrogen-bond acceptors (Lipinski definition) is 5. The number of carbonyl (C=O) groups excluding carboxylic acids is 1. The Hall–Kier alpha value is -3.19. The summed E-state index contributed by atoms with van der Waals surface area (Å²) in [5.74, 6) is 1.10. The van der Waals surface area contributed by atoms with Crippen LogP contribution in [0, 0.1) is 5.92 Å². The van der Waals surface area contributed by atoms with Gasteiger partial charge in [0.15, 0.2) is 0 Å². The molecule has 0 N–H and O–H groups in total. The predicted molar refractivity (Wildman–Crippen MR) is 128 cm³/mol. The van der Waals surface area contributed by atoms with Gasteiger partial charge in [0.05, 0.1) is 11.6 Å². The fourth-order valence-corrected chi connectivity index (χ4v) is 4.52. The van der Waals surface area contributed by atoms with Crippen molar-refractivity contribution in [2.24, 2.45) is 5.92 Å². The Morgan fingerprint density at radius 3 is 2.82 bits per heavy atom. The molecule has 4 rings (SSSR count). The van der Waals surface area contributed by atoms with Crippen molar-refractivity contribution in [1.29, 1.82) is 0 Å². The first-order chi connectivity index (χ1) is 16.1. The highest BCUT2D eigenvalue weighted by molar-refractivity contribution is 5.79. The van der Waals surface area contributed by atoms with E-state index in [0.717, 1.165) is 56.9 Å². The van der Waals surface area contributed by atoms with Crippen molar-refractivity contribution in [2.45, 2.75) is 39.8 Å². The summed E-state index contributed by atoms with van der Waals surface area (Å²) < 4.78 is 7.47. The van der Waals surface area contributed by atoms with Crippen LogP contribution in [0.4, 0.5) is 0 Å². The van der Waals surface area contributed by atoms with Crippen LogP contribution in [0.5, 0.6) is 5.75 Å². The van der Waals surface area contributed by atoms with Crippen LogP contribution in [0.1, 0.15) is 37.9 Å². The zero-order chi connectivity index (χ0) is 23.2. The van der Waals surface area contributed by atoms with Crippen LogP contribution in [0.25, 0.3) is 5.65 Å². The third-order valence-corrected chi connectivity index (χ3v) is 6.25. The lowest BCUT2D eigenvalue weighted by Crippen LogP contribution is -2.44. The molecule has 1 aliphatic heterocycles. The van der Waals surface area contributed by atoms with E-state index < -0.39 is 0 Å². The minimum absolute atomic E-state index is 0.0798. The molecule has 0 spiro atoms. The van der Waals surface area contributed by atoms with Crippen molar-refractivity contribution in [1.82, 2.24) is 19.2 Å². The van der Waals surface area contributed by atoms with Gasteiger partial charge in [0.25, 0.3) is 5.56 Å². The Morgan fingerprint density at radius 2 is 2.00 bits per heavy atom. The third-order valence-electron chi connectivity index (χ3n) is 6.25. The maximum atomic E-state index is 12.8. The normalized spacial score (nSPS) is 16.6. The first-order valence-corrected chi connectivity index (χ1v) is 11.8. The predicted octanol–water partition coefficient (Wildman–Crippen LogP) is 3.35. The SMILES string of the molecule is CCN(CC)C(=O)C1CCCN(Cc2cccc(OCc3cc(=O)n4ccccc4n3)c2)C1. The van der Waals surface area contributed by atoms with Crippen LogP contribution in [0.15, 0.2) is 59.5 Å². The van der Waals surface area contributed by atoms with Gasteiger partial charge >= 0.3 is 0 Å². The van der Waals surface area contributed by atoms with E-state index in [4.69, 9.17) is 4.74 Å². The van der Waals surface area contributed by atoms with Gasteiger partial charge in [-0.25, -0.2) is 4.98 Å². The molecule has 1 saturated heterocycles. The first kappa shape index (κ1) is 23.0. The van der Waals surface area contributed by atoms with Crippen LogP contribution in [-0.2, 0) is 17.9 Å². The standard InChI is InChI=1S/C26H32N4O3/c1-3-29(4-2)26(32)21-10-8-13-28(18-21)17-20-9-7-11-23(15-20)33-19-22-16-25(31)30-14-6-5-12-24(30)27-22/h5-7,9,11-12,14-16,21H,3-4,8,10,13,17-19H2,1-2H3. The fourth-order valence-electron chi connectivity index (χ4n) is 4.52. The van der Waals surface area contributed by atoms with Gasteiger partial charge in [0.1, 0.15) is 18.0 Å². The Kier molecular flexibility index (Phi) is 7.40. The molecule has 7 nitrogen and oxygen atoms in total. The largest absolute Gasteiger partial charge is 0.487 e. The van der Waals surface area contributed by atoms with Gasteiger partial charge in [0, 0.05) is 38.4 Å². The van der Waals surface area contributed by atoms with Crippen molar-refractivity contribution < 1.29 is 9.53 Å². The lowest BCUT2D eigenvalue weighted by molar-refractivity contribution is -0.137. The number of likely N-dealkylation sites (tertiary alicyclic amines) is 1. The van der Waals surface area contributed by atoms with Crippen LogP contribution >= 0.6 is 0 Å². The van der Waals surface area contributed by atoms with Crippen molar-refractivity contribution in [2.75, 3.05) is 26.2 Å². The summed E-state index contributed by atoms with van der Waals surface area (Å²) in [5.41, 5.74) is 2.24. The summed E-state index contributed by atoms with van der Waals surface area (Å²) >= 11 is 0. The molecule has 1 aromatic carbocycles. The maximum Gasteiger partial charge on any atom is 0.258 e. The van der Waals surface area contributed by atoms with E-state index in [9.17, 15) is 9.59 Å². The van der Waals surface area contributed by atoms with Crippen LogP contribution in [0.3, 0.4) is 0 Å². The Bertz CT molecular complexity index is 1160. The molecule has 0 radical (unpaired) electrons. The van der Waals surface area contributed by atoms with Crippen LogP contribution < -0.4 is 10.3 Å². The summed E-state index contributed by atoms with van der Waals surface area (Å²) in [6.45, 7) is 8.43. The number of piperidine rings is 1. The minimum atomic E-state index is -0.119. The summed E-state index contributed by atoms with van der Waals surface area (Å²) in [6, 6.07) is 15.0. The van der Waals surface area contributed by atoms with E-state index in [1.807, 2.05) is 55.1 Å². The number of ether oxygens (including phenoxy) is 1. The zero-order valence-corrected chi connectivity index (χ0v) is 19.4. The van der Waals surface area contributed by atoms with Crippen LogP contribution in [0.2, 0.25) is 0 Å². The molecule has 0 saturated carbocycles. The monoisotopic (exact) mass is 448 g/mol. The molecule has 2 aromatic heterocycles. The maximum absolute atomic E-state index is 12.8. The quantitative estimate of drug-likeness (QED) is 0.529. The first-order valence-electron chi connectivity index (χ1n) is 11.8. The van der Waals surface area contributed by atoms with E-state index in [1.54, 1.807) is 6.20 Å². The fraction of sp³-hybridized carbons (Fsp3) is 0.423.